The average molecular weight is 379 g/mol. The predicted molar refractivity (Wildman–Crippen MR) is 89.1 cm³/mol. The predicted octanol–water partition coefficient (Wildman–Crippen LogP) is 0.566. The fraction of sp³-hybridized carbons (Fsp3) is 0.294. The molecular formula is C17H17NO9. The molecule has 1 aliphatic heterocycles. The second-order valence-electron chi connectivity index (χ2n) is 5.24. The molecule has 0 unspecified atom stereocenters. The van der Waals surface area contributed by atoms with E-state index < -0.39 is 23.9 Å². The van der Waals surface area contributed by atoms with Gasteiger partial charge in [0.25, 0.3) is 0 Å². The third kappa shape index (κ3) is 3.90. The third-order valence-corrected chi connectivity index (χ3v) is 3.77. The van der Waals surface area contributed by atoms with E-state index in [1.54, 1.807) is 0 Å². The normalized spacial score (nSPS) is 13.8. The van der Waals surface area contributed by atoms with Crippen molar-refractivity contribution >= 4 is 29.6 Å². The molecule has 0 aliphatic carbocycles. The lowest BCUT2D eigenvalue weighted by Gasteiger charge is -2.32. The minimum atomic E-state index is -1.25. The van der Waals surface area contributed by atoms with Crippen molar-refractivity contribution in [1.82, 2.24) is 0 Å². The van der Waals surface area contributed by atoms with Crippen LogP contribution in [0.2, 0.25) is 0 Å². The molecule has 27 heavy (non-hydrogen) atoms. The van der Waals surface area contributed by atoms with Crippen molar-refractivity contribution in [3.05, 3.63) is 40.6 Å². The van der Waals surface area contributed by atoms with Crippen LogP contribution in [0, 0.1) is 0 Å². The summed E-state index contributed by atoms with van der Waals surface area (Å²) in [7, 11) is 3.40. The monoisotopic (exact) mass is 379 g/mol. The number of anilines is 1. The number of esters is 3. The van der Waals surface area contributed by atoms with Gasteiger partial charge < -0.3 is 29.0 Å². The molecule has 0 saturated heterocycles. The number of carbonyl (C=O) groups excluding carboxylic acids is 3. The van der Waals surface area contributed by atoms with Gasteiger partial charge in [-0.25, -0.2) is 19.2 Å². The van der Waals surface area contributed by atoms with E-state index in [4.69, 9.17) is 14.2 Å². The van der Waals surface area contributed by atoms with Crippen molar-refractivity contribution in [1.29, 1.82) is 0 Å². The quantitative estimate of drug-likeness (QED) is 0.572. The minimum absolute atomic E-state index is 0.00301. The number of hydrogen-bond acceptors (Lipinski definition) is 9. The zero-order chi connectivity index (χ0) is 20.1. The Morgan fingerprint density at radius 3 is 2.19 bits per heavy atom. The van der Waals surface area contributed by atoms with Crippen LogP contribution in [0.3, 0.4) is 0 Å². The number of hydrogen-bond donors (Lipinski definition) is 1. The van der Waals surface area contributed by atoms with Crippen molar-refractivity contribution in [2.45, 2.75) is 0 Å². The number of carboxylic acid groups (broad SMARTS) is 1. The maximum atomic E-state index is 12.3. The van der Waals surface area contributed by atoms with Crippen LogP contribution < -0.4 is 4.90 Å². The first kappa shape index (κ1) is 19.9. The summed E-state index contributed by atoms with van der Waals surface area (Å²) in [5, 5.41) is 9.25. The van der Waals surface area contributed by atoms with Gasteiger partial charge in [0.05, 0.1) is 50.3 Å². The SMILES string of the molecule is COC(=O)C1=C(C(=O)OC)N(c2cc(C(=O)O)ccc2C(=O)OC)COC1. The fourth-order valence-corrected chi connectivity index (χ4v) is 2.50. The summed E-state index contributed by atoms with van der Waals surface area (Å²) in [6.07, 6.45) is 0. The van der Waals surface area contributed by atoms with Gasteiger partial charge in [0.1, 0.15) is 12.4 Å². The summed E-state index contributed by atoms with van der Waals surface area (Å²) < 4.78 is 19.4. The Morgan fingerprint density at radius 2 is 1.63 bits per heavy atom. The van der Waals surface area contributed by atoms with Crippen molar-refractivity contribution in [2.24, 2.45) is 0 Å². The molecule has 10 nitrogen and oxygen atoms in total. The summed E-state index contributed by atoms with van der Waals surface area (Å²) in [6, 6.07) is 3.62. The van der Waals surface area contributed by atoms with Crippen molar-refractivity contribution < 1.29 is 43.2 Å². The topological polar surface area (TPSA) is 129 Å². The lowest BCUT2D eigenvalue weighted by Crippen LogP contribution is -2.39. The van der Waals surface area contributed by atoms with Gasteiger partial charge in [0, 0.05) is 0 Å². The Balaban J connectivity index is 2.74. The Kier molecular flexibility index (Phi) is 6.14. The first-order valence-corrected chi connectivity index (χ1v) is 7.56. The molecule has 0 radical (unpaired) electrons. The molecule has 144 valence electrons. The van der Waals surface area contributed by atoms with E-state index in [9.17, 15) is 24.3 Å². The summed E-state index contributed by atoms with van der Waals surface area (Å²) >= 11 is 0. The first-order chi connectivity index (χ1) is 12.8. The number of ether oxygens (including phenoxy) is 4. The van der Waals surface area contributed by atoms with Crippen LogP contribution in [0.1, 0.15) is 20.7 Å². The Morgan fingerprint density at radius 1 is 1.00 bits per heavy atom. The van der Waals surface area contributed by atoms with Gasteiger partial charge in [-0.2, -0.15) is 0 Å². The van der Waals surface area contributed by atoms with Crippen LogP contribution in [0.5, 0.6) is 0 Å². The van der Waals surface area contributed by atoms with Crippen LogP contribution in [0.25, 0.3) is 0 Å². The number of rotatable bonds is 5. The first-order valence-electron chi connectivity index (χ1n) is 7.56. The maximum absolute atomic E-state index is 12.3. The summed E-state index contributed by atoms with van der Waals surface area (Å²) in [5.74, 6) is -3.72. The van der Waals surface area contributed by atoms with Crippen molar-refractivity contribution in [3.8, 4) is 0 Å². The van der Waals surface area contributed by atoms with E-state index in [2.05, 4.69) is 4.74 Å². The molecule has 0 fully saturated rings. The minimum Gasteiger partial charge on any atom is -0.478 e. The van der Waals surface area contributed by atoms with Crippen LogP contribution in [0.4, 0.5) is 5.69 Å². The zero-order valence-corrected chi connectivity index (χ0v) is 14.8. The molecule has 0 aromatic heterocycles. The summed E-state index contributed by atoms with van der Waals surface area (Å²) in [6.45, 7) is -0.461. The number of benzene rings is 1. The second kappa shape index (κ2) is 8.32. The molecule has 1 aromatic carbocycles. The summed E-state index contributed by atoms with van der Waals surface area (Å²) in [5.41, 5.74) is -0.524. The number of carboxylic acids is 1. The number of aromatic carboxylic acids is 1. The highest BCUT2D eigenvalue weighted by atomic mass is 16.5. The zero-order valence-electron chi connectivity index (χ0n) is 14.8. The van der Waals surface area contributed by atoms with Crippen LogP contribution >= 0.6 is 0 Å². The second-order valence-corrected chi connectivity index (χ2v) is 5.24. The van der Waals surface area contributed by atoms with E-state index >= 15 is 0 Å². The van der Waals surface area contributed by atoms with Crippen LogP contribution in [-0.2, 0) is 28.5 Å². The molecule has 10 heteroatoms. The number of nitrogens with zero attached hydrogens (tertiary/aromatic N) is 1. The number of methoxy groups -OCH3 is 3. The van der Waals surface area contributed by atoms with Crippen LogP contribution in [-0.4, -0.2) is 63.7 Å². The smallest absolute Gasteiger partial charge is 0.355 e. The van der Waals surface area contributed by atoms with Gasteiger partial charge in [0.2, 0.25) is 0 Å². The molecule has 1 aromatic rings. The maximum Gasteiger partial charge on any atom is 0.355 e. The highest BCUT2D eigenvalue weighted by molar-refractivity contribution is 6.06. The Bertz CT molecular complexity index is 828. The lowest BCUT2D eigenvalue weighted by molar-refractivity contribution is -0.140. The molecule has 1 N–H and O–H groups in total. The lowest BCUT2D eigenvalue weighted by atomic mass is 10.1. The van der Waals surface area contributed by atoms with E-state index in [-0.39, 0.29) is 41.4 Å². The number of carbonyl (C=O) groups is 4. The van der Waals surface area contributed by atoms with E-state index in [0.717, 1.165) is 21.3 Å². The van der Waals surface area contributed by atoms with Crippen molar-refractivity contribution in [3.63, 3.8) is 0 Å². The molecule has 0 bridgehead atoms. The molecule has 2 rings (SSSR count). The third-order valence-electron chi connectivity index (χ3n) is 3.77. The molecule has 0 atom stereocenters. The molecule has 1 aliphatic rings. The van der Waals surface area contributed by atoms with Gasteiger partial charge in [-0.1, -0.05) is 0 Å². The Labute approximate surface area is 153 Å². The highest BCUT2D eigenvalue weighted by Gasteiger charge is 2.34. The van der Waals surface area contributed by atoms with Crippen molar-refractivity contribution in [2.75, 3.05) is 39.6 Å². The average Bonchev–Trinajstić information content (AvgIpc) is 2.70. The Hall–Kier alpha value is -3.40. The van der Waals surface area contributed by atoms with Gasteiger partial charge >= 0.3 is 23.9 Å². The molecular weight excluding hydrogens is 362 g/mol. The highest BCUT2D eigenvalue weighted by Crippen LogP contribution is 2.31. The van der Waals surface area contributed by atoms with Gasteiger partial charge in [-0.05, 0) is 18.2 Å². The molecule has 0 amide bonds. The van der Waals surface area contributed by atoms with Gasteiger partial charge in [0.15, 0.2) is 0 Å². The van der Waals surface area contributed by atoms with E-state index in [1.807, 2.05) is 0 Å². The van der Waals surface area contributed by atoms with Gasteiger partial charge in [-0.3, -0.25) is 0 Å². The standard InChI is InChI=1S/C17H17NO9/c1-24-15(21)10-5-4-9(14(19)20)6-12(10)18-8-27-7-11(16(22)25-2)13(18)17(23)26-3/h4-6H,7-8H2,1-3H3,(H,19,20). The molecule has 1 heterocycles. The fourth-order valence-electron chi connectivity index (χ4n) is 2.50. The van der Waals surface area contributed by atoms with Crippen LogP contribution in [0.15, 0.2) is 29.5 Å². The van der Waals surface area contributed by atoms with Gasteiger partial charge in [-0.15, -0.1) is 0 Å². The molecule has 0 saturated carbocycles. The van der Waals surface area contributed by atoms with E-state index in [0.29, 0.717) is 0 Å². The van der Waals surface area contributed by atoms with E-state index in [1.165, 1.54) is 23.1 Å². The molecule has 0 spiro atoms. The summed E-state index contributed by atoms with van der Waals surface area (Å²) in [4.78, 5) is 49.0. The largest absolute Gasteiger partial charge is 0.478 e.